The van der Waals surface area contributed by atoms with Gasteiger partial charge in [0, 0.05) is 36.8 Å². The maximum atomic E-state index is 12.4. The molecule has 2 fully saturated rings. The van der Waals surface area contributed by atoms with E-state index >= 15 is 0 Å². The summed E-state index contributed by atoms with van der Waals surface area (Å²) in [6, 6.07) is 5.83. The Morgan fingerprint density at radius 3 is 2.88 bits per heavy atom. The molecule has 24 heavy (non-hydrogen) atoms. The summed E-state index contributed by atoms with van der Waals surface area (Å²) in [5, 5.41) is 5.84. The molecule has 128 valence electrons. The van der Waals surface area contributed by atoms with Crippen LogP contribution in [0.25, 0.3) is 0 Å². The first kappa shape index (κ1) is 15.3. The molecule has 2 atom stereocenters. The molecule has 0 aromatic heterocycles. The van der Waals surface area contributed by atoms with Gasteiger partial charge in [-0.15, -0.1) is 0 Å². The SMILES string of the molecule is O=C1CC2CCC(CN1)N2CC(=O)Nc1ccc2c(c1)OCCO2. The second-order valence-corrected chi connectivity index (χ2v) is 6.47. The van der Waals surface area contributed by atoms with Crippen molar-refractivity contribution in [1.29, 1.82) is 0 Å². The van der Waals surface area contributed by atoms with Crippen molar-refractivity contribution in [3.8, 4) is 11.5 Å². The van der Waals surface area contributed by atoms with Crippen molar-refractivity contribution in [1.82, 2.24) is 10.2 Å². The topological polar surface area (TPSA) is 79.9 Å². The lowest BCUT2D eigenvalue weighted by Gasteiger charge is -2.26. The third kappa shape index (κ3) is 3.03. The maximum Gasteiger partial charge on any atom is 0.238 e. The van der Waals surface area contributed by atoms with E-state index in [-0.39, 0.29) is 23.9 Å². The maximum absolute atomic E-state index is 12.4. The lowest BCUT2D eigenvalue weighted by Crippen LogP contribution is -2.42. The van der Waals surface area contributed by atoms with Crippen LogP contribution in [0.15, 0.2) is 18.2 Å². The Labute approximate surface area is 140 Å². The van der Waals surface area contributed by atoms with Crippen LogP contribution in [0.2, 0.25) is 0 Å². The first-order valence-corrected chi connectivity index (χ1v) is 8.41. The fraction of sp³-hybridized carbons (Fsp3) is 0.529. The first-order chi connectivity index (χ1) is 11.7. The van der Waals surface area contributed by atoms with Crippen molar-refractivity contribution in [3.63, 3.8) is 0 Å². The van der Waals surface area contributed by atoms with Crippen LogP contribution in [0.3, 0.4) is 0 Å². The van der Waals surface area contributed by atoms with Gasteiger partial charge in [-0.2, -0.15) is 0 Å². The number of carbonyl (C=O) groups is 2. The van der Waals surface area contributed by atoms with Crippen molar-refractivity contribution >= 4 is 17.5 Å². The van der Waals surface area contributed by atoms with Gasteiger partial charge < -0.3 is 20.1 Å². The van der Waals surface area contributed by atoms with Crippen LogP contribution in [0, 0.1) is 0 Å². The van der Waals surface area contributed by atoms with Gasteiger partial charge in [0.1, 0.15) is 13.2 Å². The number of nitrogens with one attached hydrogen (secondary N) is 2. The fourth-order valence-corrected chi connectivity index (χ4v) is 3.72. The molecule has 0 aliphatic carbocycles. The van der Waals surface area contributed by atoms with E-state index in [1.807, 2.05) is 12.1 Å². The van der Waals surface area contributed by atoms with Crippen LogP contribution in [0.4, 0.5) is 5.69 Å². The highest BCUT2D eigenvalue weighted by molar-refractivity contribution is 5.92. The van der Waals surface area contributed by atoms with E-state index in [1.54, 1.807) is 6.07 Å². The average Bonchev–Trinajstić information content (AvgIpc) is 2.86. The molecule has 7 heteroatoms. The third-order valence-electron chi connectivity index (χ3n) is 4.88. The summed E-state index contributed by atoms with van der Waals surface area (Å²) >= 11 is 0. The monoisotopic (exact) mass is 331 g/mol. The van der Waals surface area contributed by atoms with Crippen molar-refractivity contribution in [2.24, 2.45) is 0 Å². The van der Waals surface area contributed by atoms with Gasteiger partial charge in [-0.3, -0.25) is 14.5 Å². The molecule has 2 bridgehead atoms. The van der Waals surface area contributed by atoms with Gasteiger partial charge in [0.25, 0.3) is 0 Å². The van der Waals surface area contributed by atoms with Crippen molar-refractivity contribution in [2.75, 3.05) is 31.6 Å². The number of ether oxygens (including phenoxy) is 2. The normalized spacial score (nSPS) is 25.8. The standard InChI is InChI=1S/C17H21N3O4/c21-16-8-12-2-3-13(9-18-16)20(12)10-17(22)19-11-1-4-14-15(7-11)24-6-5-23-14/h1,4,7,12-13H,2-3,5-6,8-10H2,(H,18,21)(H,19,22). The van der Waals surface area contributed by atoms with Crippen LogP contribution in [-0.4, -0.2) is 55.1 Å². The Morgan fingerprint density at radius 2 is 2.00 bits per heavy atom. The summed E-state index contributed by atoms with van der Waals surface area (Å²) in [7, 11) is 0. The van der Waals surface area contributed by atoms with Gasteiger partial charge in [0.15, 0.2) is 11.5 Å². The lowest BCUT2D eigenvalue weighted by atomic mass is 10.1. The van der Waals surface area contributed by atoms with Gasteiger partial charge in [-0.05, 0) is 25.0 Å². The zero-order valence-corrected chi connectivity index (χ0v) is 13.4. The number of amides is 2. The quantitative estimate of drug-likeness (QED) is 0.854. The number of anilines is 1. The number of hydrogen-bond donors (Lipinski definition) is 2. The molecular weight excluding hydrogens is 310 g/mol. The van der Waals surface area contributed by atoms with Crippen LogP contribution < -0.4 is 20.1 Å². The molecule has 1 aromatic carbocycles. The minimum Gasteiger partial charge on any atom is -0.486 e. The largest absolute Gasteiger partial charge is 0.486 e. The van der Waals surface area contributed by atoms with Crippen LogP contribution in [-0.2, 0) is 9.59 Å². The Kier molecular flexibility index (Phi) is 4.02. The minimum atomic E-state index is -0.0714. The van der Waals surface area contributed by atoms with E-state index in [2.05, 4.69) is 15.5 Å². The number of nitrogens with zero attached hydrogens (tertiary/aromatic N) is 1. The van der Waals surface area contributed by atoms with Gasteiger partial charge in [0.2, 0.25) is 11.8 Å². The zero-order valence-electron chi connectivity index (χ0n) is 13.4. The van der Waals surface area contributed by atoms with Crippen LogP contribution in [0.5, 0.6) is 11.5 Å². The van der Waals surface area contributed by atoms with Crippen molar-refractivity contribution in [2.45, 2.75) is 31.3 Å². The van der Waals surface area contributed by atoms with Gasteiger partial charge in [0.05, 0.1) is 6.54 Å². The third-order valence-corrected chi connectivity index (χ3v) is 4.88. The summed E-state index contributed by atoms with van der Waals surface area (Å²) in [5.41, 5.74) is 0.695. The summed E-state index contributed by atoms with van der Waals surface area (Å²) in [5.74, 6) is 1.37. The van der Waals surface area contributed by atoms with Crippen LogP contribution >= 0.6 is 0 Å². The predicted molar refractivity (Wildman–Crippen MR) is 87.2 cm³/mol. The van der Waals surface area contributed by atoms with Crippen molar-refractivity contribution < 1.29 is 19.1 Å². The number of rotatable bonds is 3. The van der Waals surface area contributed by atoms with E-state index in [9.17, 15) is 9.59 Å². The zero-order chi connectivity index (χ0) is 16.5. The Hall–Kier alpha value is -2.28. The highest BCUT2D eigenvalue weighted by Crippen LogP contribution is 2.33. The molecule has 2 unspecified atom stereocenters. The van der Waals surface area contributed by atoms with Gasteiger partial charge >= 0.3 is 0 Å². The summed E-state index contributed by atoms with van der Waals surface area (Å²) in [4.78, 5) is 26.3. The molecule has 2 saturated heterocycles. The van der Waals surface area contributed by atoms with E-state index in [4.69, 9.17) is 9.47 Å². The number of fused-ring (bicyclic) bond motifs is 3. The molecule has 1 aromatic rings. The average molecular weight is 331 g/mol. The second-order valence-electron chi connectivity index (χ2n) is 6.47. The lowest BCUT2D eigenvalue weighted by molar-refractivity contribution is -0.122. The molecule has 2 N–H and O–H groups in total. The summed E-state index contributed by atoms with van der Waals surface area (Å²) < 4.78 is 11.0. The molecule has 4 rings (SSSR count). The molecule has 0 spiro atoms. The molecule has 3 aliphatic rings. The van der Waals surface area contributed by atoms with Gasteiger partial charge in [-0.25, -0.2) is 0 Å². The molecule has 0 saturated carbocycles. The molecule has 3 heterocycles. The minimum absolute atomic E-state index is 0.0714. The summed E-state index contributed by atoms with van der Waals surface area (Å²) in [6.45, 7) is 2.00. The van der Waals surface area contributed by atoms with E-state index in [1.165, 1.54) is 0 Å². The Balaban J connectivity index is 1.41. The number of carbonyl (C=O) groups excluding carboxylic acids is 2. The fourth-order valence-electron chi connectivity index (χ4n) is 3.72. The second kappa shape index (κ2) is 6.32. The highest BCUT2D eigenvalue weighted by atomic mass is 16.6. The molecule has 7 nitrogen and oxygen atoms in total. The van der Waals surface area contributed by atoms with E-state index < -0.39 is 0 Å². The van der Waals surface area contributed by atoms with E-state index in [0.29, 0.717) is 49.9 Å². The molecular formula is C17H21N3O4. The first-order valence-electron chi connectivity index (χ1n) is 8.41. The molecule has 3 aliphatic heterocycles. The summed E-state index contributed by atoms with van der Waals surface area (Å²) in [6.07, 6.45) is 2.49. The Morgan fingerprint density at radius 1 is 1.21 bits per heavy atom. The van der Waals surface area contributed by atoms with Crippen LogP contribution in [0.1, 0.15) is 19.3 Å². The highest BCUT2D eigenvalue weighted by Gasteiger charge is 2.38. The molecule has 0 radical (unpaired) electrons. The number of benzene rings is 1. The smallest absolute Gasteiger partial charge is 0.238 e. The van der Waals surface area contributed by atoms with Crippen molar-refractivity contribution in [3.05, 3.63) is 18.2 Å². The molecule has 2 amide bonds. The predicted octanol–water partition coefficient (Wildman–Crippen LogP) is 0.749. The number of hydrogen-bond acceptors (Lipinski definition) is 5. The Bertz CT molecular complexity index is 663. The van der Waals surface area contributed by atoms with E-state index in [0.717, 1.165) is 12.8 Å². The van der Waals surface area contributed by atoms with Gasteiger partial charge in [-0.1, -0.05) is 0 Å².